The predicted molar refractivity (Wildman–Crippen MR) is 119 cm³/mol. The van der Waals surface area contributed by atoms with Gasteiger partial charge in [0, 0.05) is 18.3 Å². The smallest absolute Gasteiger partial charge is 0.253 e. The first kappa shape index (κ1) is 19.7. The van der Waals surface area contributed by atoms with Crippen LogP contribution in [0.3, 0.4) is 0 Å². The van der Waals surface area contributed by atoms with Gasteiger partial charge in [0.25, 0.3) is 5.91 Å². The van der Waals surface area contributed by atoms with E-state index in [1.807, 2.05) is 60.1 Å². The molecule has 0 saturated carbocycles. The van der Waals surface area contributed by atoms with E-state index in [4.69, 9.17) is 11.6 Å². The minimum atomic E-state index is -0.395. The van der Waals surface area contributed by atoms with Crippen LogP contribution in [0.15, 0.2) is 72.8 Å². The van der Waals surface area contributed by atoms with Crippen molar-refractivity contribution in [3.8, 4) is 11.4 Å². The van der Waals surface area contributed by atoms with Crippen molar-refractivity contribution in [1.29, 1.82) is 0 Å². The number of anilines is 1. The van der Waals surface area contributed by atoms with Gasteiger partial charge in [-0.3, -0.25) is 9.59 Å². The summed E-state index contributed by atoms with van der Waals surface area (Å²) in [5, 5.41) is 5.68. The van der Waals surface area contributed by atoms with Crippen molar-refractivity contribution in [2.75, 3.05) is 11.9 Å². The van der Waals surface area contributed by atoms with E-state index in [2.05, 4.69) is 15.6 Å². The second-order valence-electron chi connectivity index (χ2n) is 6.77. The fraction of sp³-hybridized carbons (Fsp3) is 0.0870. The summed E-state index contributed by atoms with van der Waals surface area (Å²) in [5.74, 6) is 0.125. The number of aromatic nitrogens is 2. The van der Waals surface area contributed by atoms with E-state index in [-0.39, 0.29) is 12.5 Å². The monoisotopic (exact) mass is 418 g/mol. The molecule has 0 aliphatic rings. The van der Waals surface area contributed by atoms with Gasteiger partial charge in [-0.2, -0.15) is 0 Å². The van der Waals surface area contributed by atoms with Gasteiger partial charge in [0.05, 0.1) is 28.2 Å². The van der Waals surface area contributed by atoms with Crippen LogP contribution in [0.5, 0.6) is 0 Å². The Kier molecular flexibility index (Phi) is 5.50. The zero-order valence-electron chi connectivity index (χ0n) is 16.2. The molecule has 0 unspecified atom stereocenters. The first-order valence-corrected chi connectivity index (χ1v) is 9.75. The van der Waals surface area contributed by atoms with Crippen molar-refractivity contribution in [2.45, 2.75) is 0 Å². The summed E-state index contributed by atoms with van der Waals surface area (Å²) in [5.41, 5.74) is 3.90. The van der Waals surface area contributed by atoms with Crippen molar-refractivity contribution < 1.29 is 9.59 Å². The van der Waals surface area contributed by atoms with Crippen LogP contribution in [0.2, 0.25) is 5.02 Å². The third-order valence-corrected chi connectivity index (χ3v) is 5.07. The molecular weight excluding hydrogens is 400 g/mol. The average molecular weight is 419 g/mol. The molecule has 1 heterocycles. The van der Waals surface area contributed by atoms with Gasteiger partial charge in [-0.15, -0.1) is 0 Å². The molecule has 30 heavy (non-hydrogen) atoms. The first-order chi connectivity index (χ1) is 14.5. The van der Waals surface area contributed by atoms with Gasteiger partial charge < -0.3 is 15.2 Å². The summed E-state index contributed by atoms with van der Waals surface area (Å²) in [6.45, 7) is -0.156. The number of carbonyl (C=O) groups excluding carboxylic acids is 2. The van der Waals surface area contributed by atoms with Crippen molar-refractivity contribution in [1.82, 2.24) is 14.9 Å². The molecule has 0 fully saturated rings. The standard InChI is InChI=1S/C23H19ClN4O2/c1-28-20-9-5-4-8-19(20)27-22(28)15-10-12-16(13-11-15)26-21(29)14-25-23(30)17-6-2-3-7-18(17)24/h2-13H,14H2,1H3,(H,25,30)(H,26,29). The number of fused-ring (bicyclic) bond motifs is 1. The minimum Gasteiger partial charge on any atom is -0.343 e. The topological polar surface area (TPSA) is 76.0 Å². The van der Waals surface area contributed by atoms with E-state index in [0.29, 0.717) is 16.3 Å². The highest BCUT2D eigenvalue weighted by Gasteiger charge is 2.12. The van der Waals surface area contributed by atoms with Gasteiger partial charge in [0.1, 0.15) is 5.82 Å². The van der Waals surface area contributed by atoms with Crippen LogP contribution >= 0.6 is 11.6 Å². The molecule has 4 rings (SSSR count). The summed E-state index contributed by atoms with van der Waals surface area (Å²) >= 11 is 6.00. The normalized spacial score (nSPS) is 10.7. The highest BCUT2D eigenvalue weighted by atomic mass is 35.5. The number of benzene rings is 3. The van der Waals surface area contributed by atoms with Crippen LogP contribution in [0.4, 0.5) is 5.69 Å². The van der Waals surface area contributed by atoms with E-state index in [1.54, 1.807) is 24.3 Å². The Bertz CT molecular complexity index is 1230. The summed E-state index contributed by atoms with van der Waals surface area (Å²) < 4.78 is 2.03. The number of halogens is 1. The zero-order valence-corrected chi connectivity index (χ0v) is 17.0. The van der Waals surface area contributed by atoms with Crippen molar-refractivity contribution in [3.63, 3.8) is 0 Å². The van der Waals surface area contributed by atoms with E-state index in [1.165, 1.54) is 0 Å². The lowest BCUT2D eigenvalue weighted by Gasteiger charge is -2.09. The highest BCUT2D eigenvalue weighted by molar-refractivity contribution is 6.33. The van der Waals surface area contributed by atoms with Crippen LogP contribution in [0, 0.1) is 0 Å². The molecule has 0 aliphatic heterocycles. The number of rotatable bonds is 5. The number of aryl methyl sites for hydroxylation is 1. The lowest BCUT2D eigenvalue weighted by molar-refractivity contribution is -0.115. The van der Waals surface area contributed by atoms with Crippen LogP contribution in [0.25, 0.3) is 22.4 Å². The van der Waals surface area contributed by atoms with Gasteiger partial charge >= 0.3 is 0 Å². The molecule has 0 saturated heterocycles. The largest absolute Gasteiger partial charge is 0.343 e. The molecule has 4 aromatic rings. The molecule has 0 aliphatic carbocycles. The lowest BCUT2D eigenvalue weighted by atomic mass is 10.2. The molecule has 0 bridgehead atoms. The second-order valence-corrected chi connectivity index (χ2v) is 7.18. The van der Waals surface area contributed by atoms with Crippen molar-refractivity contribution in [3.05, 3.63) is 83.4 Å². The summed E-state index contributed by atoms with van der Waals surface area (Å²) in [6, 6.07) is 22.1. The maximum atomic E-state index is 12.2. The Morgan fingerprint density at radius 1 is 0.967 bits per heavy atom. The number of hydrogen-bond donors (Lipinski definition) is 2. The van der Waals surface area contributed by atoms with Crippen LogP contribution in [-0.4, -0.2) is 27.9 Å². The van der Waals surface area contributed by atoms with Crippen molar-refractivity contribution in [2.24, 2.45) is 7.05 Å². The number of nitrogens with zero attached hydrogens (tertiary/aromatic N) is 2. The van der Waals surface area contributed by atoms with E-state index < -0.39 is 5.91 Å². The zero-order chi connectivity index (χ0) is 21.1. The lowest BCUT2D eigenvalue weighted by Crippen LogP contribution is -2.33. The molecule has 7 heteroatoms. The van der Waals surface area contributed by atoms with E-state index >= 15 is 0 Å². The maximum Gasteiger partial charge on any atom is 0.253 e. The average Bonchev–Trinajstić information content (AvgIpc) is 3.10. The fourth-order valence-electron chi connectivity index (χ4n) is 3.21. The SMILES string of the molecule is Cn1c(-c2ccc(NC(=O)CNC(=O)c3ccccc3Cl)cc2)nc2ccccc21. The number of amides is 2. The number of imidazole rings is 1. The number of nitrogens with one attached hydrogen (secondary N) is 2. The third kappa shape index (κ3) is 4.04. The van der Waals surface area contributed by atoms with Crippen molar-refractivity contribution >= 4 is 40.1 Å². The van der Waals surface area contributed by atoms with Gasteiger partial charge in [-0.1, -0.05) is 35.9 Å². The molecular formula is C23H19ClN4O2. The molecule has 0 atom stereocenters. The Hall–Kier alpha value is -3.64. The molecule has 1 aromatic heterocycles. The fourth-order valence-corrected chi connectivity index (χ4v) is 3.43. The maximum absolute atomic E-state index is 12.2. The summed E-state index contributed by atoms with van der Waals surface area (Å²) in [7, 11) is 1.97. The third-order valence-electron chi connectivity index (χ3n) is 4.74. The second kappa shape index (κ2) is 8.39. The number of para-hydroxylation sites is 2. The van der Waals surface area contributed by atoms with Crippen LogP contribution < -0.4 is 10.6 Å². The first-order valence-electron chi connectivity index (χ1n) is 9.37. The minimum absolute atomic E-state index is 0.156. The number of hydrogen-bond acceptors (Lipinski definition) is 3. The van der Waals surface area contributed by atoms with Gasteiger partial charge in [0.15, 0.2) is 0 Å². The number of carbonyl (C=O) groups is 2. The predicted octanol–water partition coefficient (Wildman–Crippen LogP) is 4.26. The van der Waals surface area contributed by atoms with Crippen LogP contribution in [0.1, 0.15) is 10.4 Å². The van der Waals surface area contributed by atoms with Gasteiger partial charge in [-0.25, -0.2) is 4.98 Å². The molecule has 0 radical (unpaired) electrons. The Morgan fingerprint density at radius 3 is 2.40 bits per heavy atom. The Morgan fingerprint density at radius 2 is 1.67 bits per heavy atom. The van der Waals surface area contributed by atoms with E-state index in [9.17, 15) is 9.59 Å². The molecule has 2 N–H and O–H groups in total. The highest BCUT2D eigenvalue weighted by Crippen LogP contribution is 2.24. The molecule has 2 amide bonds. The molecule has 150 valence electrons. The molecule has 0 spiro atoms. The molecule has 3 aromatic carbocycles. The van der Waals surface area contributed by atoms with E-state index in [0.717, 1.165) is 22.4 Å². The summed E-state index contributed by atoms with van der Waals surface area (Å²) in [6.07, 6.45) is 0. The van der Waals surface area contributed by atoms with Crippen LogP contribution in [-0.2, 0) is 11.8 Å². The molecule has 6 nitrogen and oxygen atoms in total. The summed E-state index contributed by atoms with van der Waals surface area (Å²) in [4.78, 5) is 29.0. The van der Waals surface area contributed by atoms with Gasteiger partial charge in [-0.05, 0) is 48.5 Å². The quantitative estimate of drug-likeness (QED) is 0.508. The van der Waals surface area contributed by atoms with Gasteiger partial charge in [0.2, 0.25) is 5.91 Å². The Balaban J connectivity index is 1.39. The Labute approximate surface area is 178 Å².